The van der Waals surface area contributed by atoms with Gasteiger partial charge in [0.15, 0.2) is 0 Å². The Morgan fingerprint density at radius 2 is 2.00 bits per heavy atom. The number of halogens is 2. The first-order valence-corrected chi connectivity index (χ1v) is 7.60. The molecule has 4 heteroatoms. The zero-order valence-electron chi connectivity index (χ0n) is 11.5. The Morgan fingerprint density at radius 3 is 2.70 bits per heavy atom. The zero-order chi connectivity index (χ0) is 14.5. The second kappa shape index (κ2) is 7.00. The molecule has 0 spiro atoms. The number of ether oxygens (including phenoxy) is 1. The van der Waals surface area contributed by atoms with E-state index in [9.17, 15) is 0 Å². The van der Waals surface area contributed by atoms with Crippen molar-refractivity contribution in [1.29, 1.82) is 0 Å². The fraction of sp³-hybridized carbons (Fsp3) is 0.250. The zero-order valence-corrected chi connectivity index (χ0v) is 13.8. The van der Waals surface area contributed by atoms with E-state index < -0.39 is 0 Å². The van der Waals surface area contributed by atoms with Gasteiger partial charge < -0.3 is 10.1 Å². The highest BCUT2D eigenvalue weighted by molar-refractivity contribution is 9.10. The van der Waals surface area contributed by atoms with Crippen molar-refractivity contribution in [3.05, 3.63) is 57.5 Å². The molecule has 0 bridgehead atoms. The summed E-state index contributed by atoms with van der Waals surface area (Å²) in [6.07, 6.45) is 0.888. The van der Waals surface area contributed by atoms with Gasteiger partial charge in [0.25, 0.3) is 0 Å². The van der Waals surface area contributed by atoms with E-state index in [1.807, 2.05) is 36.4 Å². The number of methoxy groups -OCH3 is 1. The summed E-state index contributed by atoms with van der Waals surface area (Å²) in [5, 5.41) is 4.20. The van der Waals surface area contributed by atoms with Crippen LogP contribution in [0, 0.1) is 0 Å². The Labute approximate surface area is 133 Å². The number of anilines is 1. The van der Waals surface area contributed by atoms with Crippen LogP contribution in [-0.2, 0) is 6.42 Å². The van der Waals surface area contributed by atoms with E-state index in [2.05, 4.69) is 34.2 Å². The molecule has 106 valence electrons. The minimum atomic E-state index is 0.281. The van der Waals surface area contributed by atoms with Crippen LogP contribution < -0.4 is 10.1 Å². The predicted octanol–water partition coefficient (Wildman–Crippen LogP) is 5.15. The van der Waals surface area contributed by atoms with Crippen molar-refractivity contribution in [2.75, 3.05) is 12.4 Å². The summed E-state index contributed by atoms with van der Waals surface area (Å²) in [6.45, 7) is 2.15. The standard InChI is InChI=1S/C16H17BrClNO/c1-11(9-12-5-3-4-6-16(12)20-2)19-15-8-7-13(18)10-14(15)17/h3-8,10-11,19H,9H2,1-2H3. The largest absolute Gasteiger partial charge is 0.496 e. The lowest BCUT2D eigenvalue weighted by molar-refractivity contribution is 0.409. The van der Waals surface area contributed by atoms with Gasteiger partial charge >= 0.3 is 0 Å². The lowest BCUT2D eigenvalue weighted by Crippen LogP contribution is -2.18. The fourth-order valence-electron chi connectivity index (χ4n) is 2.12. The molecule has 0 radical (unpaired) electrons. The van der Waals surface area contributed by atoms with Crippen molar-refractivity contribution in [3.8, 4) is 5.75 Å². The van der Waals surface area contributed by atoms with Gasteiger partial charge in [0.2, 0.25) is 0 Å². The minimum absolute atomic E-state index is 0.281. The average molecular weight is 355 g/mol. The first-order chi connectivity index (χ1) is 9.60. The molecular weight excluding hydrogens is 338 g/mol. The molecule has 2 rings (SSSR count). The number of hydrogen-bond acceptors (Lipinski definition) is 2. The van der Waals surface area contributed by atoms with Crippen molar-refractivity contribution >= 4 is 33.2 Å². The molecule has 0 saturated carbocycles. The summed E-state index contributed by atoms with van der Waals surface area (Å²) in [7, 11) is 1.70. The summed E-state index contributed by atoms with van der Waals surface area (Å²) in [5.41, 5.74) is 2.23. The molecule has 0 heterocycles. The van der Waals surface area contributed by atoms with Crippen LogP contribution in [0.15, 0.2) is 46.9 Å². The van der Waals surface area contributed by atoms with E-state index in [4.69, 9.17) is 16.3 Å². The maximum absolute atomic E-state index is 5.95. The van der Waals surface area contributed by atoms with Gasteiger partial charge in [-0.3, -0.25) is 0 Å². The summed E-state index contributed by atoms with van der Waals surface area (Å²) in [4.78, 5) is 0. The van der Waals surface area contributed by atoms with Crippen LogP contribution in [0.4, 0.5) is 5.69 Å². The Bertz CT molecular complexity index is 588. The topological polar surface area (TPSA) is 21.3 Å². The third-order valence-electron chi connectivity index (χ3n) is 3.05. The Balaban J connectivity index is 2.07. The average Bonchev–Trinajstić information content (AvgIpc) is 2.42. The maximum Gasteiger partial charge on any atom is 0.122 e. The number of nitrogens with one attached hydrogen (secondary N) is 1. The van der Waals surface area contributed by atoms with Gasteiger partial charge in [-0.25, -0.2) is 0 Å². The minimum Gasteiger partial charge on any atom is -0.496 e. The van der Waals surface area contributed by atoms with Gasteiger partial charge in [-0.1, -0.05) is 29.8 Å². The number of rotatable bonds is 5. The molecule has 0 aliphatic heterocycles. The second-order valence-electron chi connectivity index (χ2n) is 4.69. The van der Waals surface area contributed by atoms with E-state index >= 15 is 0 Å². The van der Waals surface area contributed by atoms with E-state index in [1.165, 1.54) is 5.56 Å². The van der Waals surface area contributed by atoms with Crippen LogP contribution in [-0.4, -0.2) is 13.2 Å². The molecule has 1 unspecified atom stereocenters. The van der Waals surface area contributed by atoms with Crippen molar-refractivity contribution in [2.24, 2.45) is 0 Å². The number of benzene rings is 2. The molecule has 2 aromatic rings. The van der Waals surface area contributed by atoms with Gasteiger partial charge in [-0.2, -0.15) is 0 Å². The molecule has 2 nitrogen and oxygen atoms in total. The smallest absolute Gasteiger partial charge is 0.122 e. The Morgan fingerprint density at radius 1 is 1.25 bits per heavy atom. The first-order valence-electron chi connectivity index (χ1n) is 6.43. The maximum atomic E-state index is 5.95. The predicted molar refractivity (Wildman–Crippen MR) is 88.9 cm³/mol. The van der Waals surface area contributed by atoms with E-state index in [0.717, 1.165) is 27.4 Å². The summed E-state index contributed by atoms with van der Waals surface area (Å²) in [5.74, 6) is 0.927. The van der Waals surface area contributed by atoms with Gasteiger partial charge in [-0.15, -0.1) is 0 Å². The molecule has 0 saturated heterocycles. The Kier molecular flexibility index (Phi) is 5.32. The summed E-state index contributed by atoms with van der Waals surface area (Å²) < 4.78 is 6.35. The monoisotopic (exact) mass is 353 g/mol. The molecule has 0 fully saturated rings. The molecule has 1 atom stereocenters. The molecule has 1 N–H and O–H groups in total. The van der Waals surface area contributed by atoms with Crippen molar-refractivity contribution in [2.45, 2.75) is 19.4 Å². The van der Waals surface area contributed by atoms with Crippen LogP contribution >= 0.6 is 27.5 Å². The molecule has 0 amide bonds. The van der Waals surface area contributed by atoms with Crippen molar-refractivity contribution in [1.82, 2.24) is 0 Å². The highest BCUT2D eigenvalue weighted by Gasteiger charge is 2.09. The highest BCUT2D eigenvalue weighted by atomic mass is 79.9. The van der Waals surface area contributed by atoms with Crippen molar-refractivity contribution in [3.63, 3.8) is 0 Å². The molecule has 0 aliphatic carbocycles. The van der Waals surface area contributed by atoms with Crippen LogP contribution in [0.3, 0.4) is 0 Å². The summed E-state index contributed by atoms with van der Waals surface area (Å²) >= 11 is 9.47. The quantitative estimate of drug-likeness (QED) is 0.801. The molecular formula is C16H17BrClNO. The van der Waals surface area contributed by atoms with Crippen molar-refractivity contribution < 1.29 is 4.74 Å². The molecule has 20 heavy (non-hydrogen) atoms. The van der Waals surface area contributed by atoms with E-state index in [-0.39, 0.29) is 6.04 Å². The fourth-order valence-corrected chi connectivity index (χ4v) is 2.92. The normalized spacial score (nSPS) is 12.0. The molecule has 2 aromatic carbocycles. The van der Waals surface area contributed by atoms with E-state index in [1.54, 1.807) is 7.11 Å². The third-order valence-corrected chi connectivity index (χ3v) is 3.94. The Hall–Kier alpha value is -1.19. The van der Waals surface area contributed by atoms with Gasteiger partial charge in [0.05, 0.1) is 7.11 Å². The lowest BCUT2D eigenvalue weighted by Gasteiger charge is -2.18. The highest BCUT2D eigenvalue weighted by Crippen LogP contribution is 2.27. The van der Waals surface area contributed by atoms with Crippen LogP contribution in [0.25, 0.3) is 0 Å². The SMILES string of the molecule is COc1ccccc1CC(C)Nc1ccc(Cl)cc1Br. The van der Waals surface area contributed by atoms with Gasteiger partial charge in [-0.05, 0) is 59.1 Å². The van der Waals surface area contributed by atoms with Crippen LogP contribution in [0.1, 0.15) is 12.5 Å². The lowest BCUT2D eigenvalue weighted by atomic mass is 10.1. The molecule has 0 aromatic heterocycles. The van der Waals surface area contributed by atoms with E-state index in [0.29, 0.717) is 0 Å². The van der Waals surface area contributed by atoms with Gasteiger partial charge in [0.1, 0.15) is 5.75 Å². The van der Waals surface area contributed by atoms with Gasteiger partial charge in [0, 0.05) is 21.2 Å². The summed E-state index contributed by atoms with van der Waals surface area (Å²) in [6, 6.07) is 14.1. The second-order valence-corrected chi connectivity index (χ2v) is 5.98. The van der Waals surface area contributed by atoms with Crippen LogP contribution in [0.5, 0.6) is 5.75 Å². The number of hydrogen-bond donors (Lipinski definition) is 1. The number of para-hydroxylation sites is 1. The molecule has 0 aliphatic rings. The third kappa shape index (κ3) is 3.90. The first kappa shape index (κ1) is 15.2. The van der Waals surface area contributed by atoms with Crippen LogP contribution in [0.2, 0.25) is 5.02 Å².